The Morgan fingerprint density at radius 2 is 1.59 bits per heavy atom. The second-order valence-electron chi connectivity index (χ2n) is 11.6. The zero-order chi connectivity index (χ0) is 23.3. The van der Waals surface area contributed by atoms with Gasteiger partial charge in [0.1, 0.15) is 5.75 Å². The van der Waals surface area contributed by atoms with E-state index in [0.717, 1.165) is 60.0 Å². The van der Waals surface area contributed by atoms with Crippen LogP contribution in [0.3, 0.4) is 0 Å². The molecule has 2 aliphatic heterocycles. The van der Waals surface area contributed by atoms with Gasteiger partial charge in [-0.1, -0.05) is 0 Å². The fourth-order valence-electron chi connectivity index (χ4n) is 8.34. The average molecular weight is 483 g/mol. The lowest BCUT2D eigenvalue weighted by Crippen LogP contribution is -2.63. The van der Waals surface area contributed by atoms with Crippen molar-refractivity contribution in [1.82, 2.24) is 15.5 Å². The number of amides is 2. The van der Waals surface area contributed by atoms with Gasteiger partial charge in [-0.25, -0.2) is 4.79 Å². The molecule has 7 rings (SSSR count). The van der Waals surface area contributed by atoms with Crippen LogP contribution in [-0.4, -0.2) is 46.3 Å². The van der Waals surface area contributed by atoms with E-state index in [1.807, 2.05) is 31.2 Å². The Hall–Kier alpha value is -2.02. The Labute approximate surface area is 208 Å². The molecule has 2 heterocycles. The van der Waals surface area contributed by atoms with Crippen molar-refractivity contribution in [3.8, 4) is 5.75 Å². The zero-order valence-electron chi connectivity index (χ0n) is 20.2. The van der Waals surface area contributed by atoms with Crippen LogP contribution in [0.25, 0.3) is 0 Å². The molecule has 1 aromatic carbocycles. The van der Waals surface area contributed by atoms with E-state index in [4.69, 9.17) is 17.0 Å². The Balaban J connectivity index is 1.03. The summed E-state index contributed by atoms with van der Waals surface area (Å²) >= 11 is 5.82. The van der Waals surface area contributed by atoms with Crippen molar-refractivity contribution in [2.45, 2.75) is 94.8 Å². The van der Waals surface area contributed by atoms with E-state index in [-0.39, 0.29) is 17.6 Å². The Kier molecular flexibility index (Phi) is 5.87. The predicted octanol–water partition coefficient (Wildman–Crippen LogP) is 5.05. The molecule has 7 heteroatoms. The van der Waals surface area contributed by atoms with Crippen LogP contribution in [0.5, 0.6) is 5.75 Å². The molecule has 6 aliphatic rings. The fraction of sp³-hybridized carbons (Fsp3) is 0.704. The van der Waals surface area contributed by atoms with Crippen molar-refractivity contribution in [2.75, 3.05) is 11.9 Å². The van der Waals surface area contributed by atoms with Gasteiger partial charge < -0.3 is 25.6 Å². The summed E-state index contributed by atoms with van der Waals surface area (Å²) in [5, 5.41) is 11.1. The molecule has 4 saturated carbocycles. The van der Waals surface area contributed by atoms with Crippen LogP contribution in [-0.2, 0) is 0 Å². The maximum Gasteiger partial charge on any atom is 0.315 e. The van der Waals surface area contributed by atoms with E-state index in [2.05, 4.69) is 20.9 Å². The van der Waals surface area contributed by atoms with E-state index in [1.165, 1.54) is 38.5 Å². The molecule has 0 aromatic heterocycles. The van der Waals surface area contributed by atoms with Gasteiger partial charge in [0.25, 0.3) is 0 Å². The summed E-state index contributed by atoms with van der Waals surface area (Å²) in [5.41, 5.74) is 1.06. The first kappa shape index (κ1) is 22.4. The average Bonchev–Trinajstić information content (AvgIpc) is 3.04. The number of anilines is 1. The number of carbonyl (C=O) groups excluding carboxylic acids is 1. The van der Waals surface area contributed by atoms with E-state index in [0.29, 0.717) is 18.7 Å². The van der Waals surface area contributed by atoms with Crippen LogP contribution in [0.1, 0.15) is 71.1 Å². The molecule has 0 spiro atoms. The number of ether oxygens (including phenoxy) is 1. The SMILES string of the molecule is CCOc1ccc(NC(=S)N2C3CCC2CC(NC(=O)NC24CC5CC(CC(C5)C2)C4)C3)cc1. The lowest BCUT2D eigenvalue weighted by molar-refractivity contribution is -0.0138. The highest BCUT2D eigenvalue weighted by Gasteiger charge is 2.52. The fourth-order valence-corrected chi connectivity index (χ4v) is 8.76. The third-order valence-corrected chi connectivity index (χ3v) is 9.45. The number of piperidine rings is 1. The molecule has 6 bridgehead atoms. The molecule has 34 heavy (non-hydrogen) atoms. The summed E-state index contributed by atoms with van der Waals surface area (Å²) in [6.45, 7) is 2.65. The van der Waals surface area contributed by atoms with Crippen LogP contribution in [0.4, 0.5) is 10.5 Å². The molecular weight excluding hydrogens is 444 g/mol. The van der Waals surface area contributed by atoms with Gasteiger partial charge in [-0.3, -0.25) is 0 Å². The molecule has 4 aliphatic carbocycles. The number of urea groups is 1. The van der Waals surface area contributed by atoms with Crippen LogP contribution in [0, 0.1) is 17.8 Å². The first-order valence-electron chi connectivity index (χ1n) is 13.4. The highest BCUT2D eigenvalue weighted by molar-refractivity contribution is 7.80. The molecule has 3 N–H and O–H groups in total. The standard InChI is InChI=1S/C27H38N4O2S/c1-2-33-24-7-3-20(4-8-24)29-26(34)31-22-5-6-23(31)13-21(12-22)28-25(32)30-27-14-17-9-18(15-27)11-19(10-17)16-27/h3-4,7-8,17-19,21-23H,2,5-6,9-16H2,1H3,(H,29,34)(H2,28,30,32). The first-order chi connectivity index (χ1) is 16.5. The number of rotatable bonds is 5. The summed E-state index contributed by atoms with van der Waals surface area (Å²) < 4.78 is 5.54. The van der Waals surface area contributed by atoms with Gasteiger partial charge in [-0.05, 0) is 125 Å². The highest BCUT2D eigenvalue weighted by atomic mass is 32.1. The first-order valence-corrected chi connectivity index (χ1v) is 13.8. The van der Waals surface area contributed by atoms with E-state index >= 15 is 0 Å². The molecule has 184 valence electrons. The van der Waals surface area contributed by atoms with Gasteiger partial charge in [0.05, 0.1) is 6.61 Å². The summed E-state index contributed by atoms with van der Waals surface area (Å²) in [5.74, 6) is 3.40. The molecule has 2 atom stereocenters. The third-order valence-electron chi connectivity index (χ3n) is 9.14. The molecule has 6 fully saturated rings. The smallest absolute Gasteiger partial charge is 0.315 e. The van der Waals surface area contributed by atoms with E-state index in [1.54, 1.807) is 0 Å². The number of nitrogens with zero attached hydrogens (tertiary/aromatic N) is 1. The van der Waals surface area contributed by atoms with Gasteiger partial charge in [0, 0.05) is 29.4 Å². The number of carbonyl (C=O) groups is 1. The van der Waals surface area contributed by atoms with Crippen LogP contribution >= 0.6 is 12.2 Å². The summed E-state index contributed by atoms with van der Waals surface area (Å²) in [6, 6.07) is 9.07. The number of nitrogens with one attached hydrogen (secondary N) is 3. The van der Waals surface area contributed by atoms with Gasteiger partial charge >= 0.3 is 6.03 Å². The number of hydrogen-bond acceptors (Lipinski definition) is 3. The van der Waals surface area contributed by atoms with Crippen LogP contribution < -0.4 is 20.7 Å². The largest absolute Gasteiger partial charge is 0.494 e. The van der Waals surface area contributed by atoms with Crippen molar-refractivity contribution in [1.29, 1.82) is 0 Å². The summed E-state index contributed by atoms with van der Waals surface area (Å²) in [7, 11) is 0. The number of benzene rings is 1. The maximum absolute atomic E-state index is 13.1. The number of thiocarbonyl (C=S) groups is 1. The predicted molar refractivity (Wildman–Crippen MR) is 138 cm³/mol. The van der Waals surface area contributed by atoms with Crippen LogP contribution in [0.15, 0.2) is 24.3 Å². The quantitative estimate of drug-likeness (QED) is 0.513. The lowest BCUT2D eigenvalue weighted by atomic mass is 9.53. The zero-order valence-corrected chi connectivity index (χ0v) is 21.0. The highest BCUT2D eigenvalue weighted by Crippen LogP contribution is 2.55. The van der Waals surface area contributed by atoms with Crippen LogP contribution in [0.2, 0.25) is 0 Å². The Morgan fingerprint density at radius 3 is 2.15 bits per heavy atom. The second kappa shape index (κ2) is 8.89. The van der Waals surface area contributed by atoms with Gasteiger partial charge in [-0.2, -0.15) is 0 Å². The summed E-state index contributed by atoms with van der Waals surface area (Å²) in [6.07, 6.45) is 12.0. The molecule has 1 aromatic rings. The van der Waals surface area contributed by atoms with E-state index < -0.39 is 0 Å². The molecule has 0 radical (unpaired) electrons. The molecule has 2 unspecified atom stereocenters. The Bertz CT molecular complexity index is 886. The topological polar surface area (TPSA) is 65.6 Å². The molecular formula is C27H38N4O2S. The van der Waals surface area contributed by atoms with Crippen molar-refractivity contribution in [3.05, 3.63) is 24.3 Å². The van der Waals surface area contributed by atoms with Gasteiger partial charge in [0.2, 0.25) is 0 Å². The van der Waals surface area contributed by atoms with Crippen molar-refractivity contribution in [3.63, 3.8) is 0 Å². The number of hydrogen-bond donors (Lipinski definition) is 3. The molecule has 2 saturated heterocycles. The minimum atomic E-state index is 0.0647. The van der Waals surface area contributed by atoms with Gasteiger partial charge in [0.15, 0.2) is 5.11 Å². The lowest BCUT2D eigenvalue weighted by Gasteiger charge is -2.56. The third kappa shape index (κ3) is 4.36. The molecule has 6 nitrogen and oxygen atoms in total. The number of fused-ring (bicyclic) bond motifs is 2. The summed E-state index contributed by atoms with van der Waals surface area (Å²) in [4.78, 5) is 15.5. The van der Waals surface area contributed by atoms with Crippen molar-refractivity contribution < 1.29 is 9.53 Å². The van der Waals surface area contributed by atoms with Crippen molar-refractivity contribution in [2.24, 2.45) is 17.8 Å². The minimum Gasteiger partial charge on any atom is -0.494 e. The molecule has 2 amide bonds. The monoisotopic (exact) mass is 482 g/mol. The minimum absolute atomic E-state index is 0.0647. The second-order valence-corrected chi connectivity index (χ2v) is 12.0. The van der Waals surface area contributed by atoms with Gasteiger partial charge in [-0.15, -0.1) is 0 Å². The maximum atomic E-state index is 13.1. The Morgan fingerprint density at radius 1 is 1.00 bits per heavy atom. The normalized spacial score (nSPS) is 37.4. The van der Waals surface area contributed by atoms with Crippen molar-refractivity contribution >= 4 is 29.0 Å². The van der Waals surface area contributed by atoms with E-state index in [9.17, 15) is 4.79 Å².